The van der Waals surface area contributed by atoms with E-state index in [-0.39, 0.29) is 24.9 Å². The lowest BCUT2D eigenvalue weighted by molar-refractivity contribution is -0.124. The zero-order valence-corrected chi connectivity index (χ0v) is 18.1. The number of hydrogen-bond donors (Lipinski definition) is 3. The van der Waals surface area contributed by atoms with Crippen LogP contribution in [0.25, 0.3) is 0 Å². The van der Waals surface area contributed by atoms with Crippen molar-refractivity contribution >= 4 is 23.4 Å². The van der Waals surface area contributed by atoms with E-state index in [1.807, 2.05) is 20.8 Å². The number of hydrazine groups is 1. The minimum atomic E-state index is -0.466. The van der Waals surface area contributed by atoms with Gasteiger partial charge >= 0.3 is 0 Å². The van der Waals surface area contributed by atoms with E-state index >= 15 is 0 Å². The highest BCUT2D eigenvalue weighted by Crippen LogP contribution is 2.16. The van der Waals surface area contributed by atoms with Crippen LogP contribution in [0.2, 0.25) is 0 Å². The molecule has 0 bridgehead atoms. The van der Waals surface area contributed by atoms with Crippen LogP contribution in [0.3, 0.4) is 0 Å². The average Bonchev–Trinajstić information content (AvgIpc) is 2.78. The molecule has 31 heavy (non-hydrogen) atoms. The highest BCUT2D eigenvalue weighted by molar-refractivity contribution is 5.96. The van der Waals surface area contributed by atoms with Crippen LogP contribution >= 0.6 is 0 Å². The second-order valence-electron chi connectivity index (χ2n) is 6.87. The van der Waals surface area contributed by atoms with E-state index in [4.69, 9.17) is 9.47 Å². The number of rotatable bonds is 10. The van der Waals surface area contributed by atoms with Gasteiger partial charge in [0.1, 0.15) is 11.5 Å². The summed E-state index contributed by atoms with van der Waals surface area (Å²) < 4.78 is 11.0. The van der Waals surface area contributed by atoms with E-state index in [1.165, 1.54) is 0 Å². The molecule has 0 fully saturated rings. The number of hydrogen-bond acceptors (Lipinski definition) is 5. The van der Waals surface area contributed by atoms with E-state index in [2.05, 4.69) is 16.2 Å². The molecule has 0 aliphatic heterocycles. The van der Waals surface area contributed by atoms with Crippen molar-refractivity contribution < 1.29 is 23.9 Å². The maximum Gasteiger partial charge on any atom is 0.269 e. The SMILES string of the molecule is CCOc1ccc(NC(=O)CCC(=O)NNC(=O)c2ccc(OC(C)CC)cc2)cc1. The summed E-state index contributed by atoms with van der Waals surface area (Å²) in [5.41, 5.74) is 5.64. The monoisotopic (exact) mass is 427 g/mol. The fraction of sp³-hybridized carbons (Fsp3) is 0.348. The summed E-state index contributed by atoms with van der Waals surface area (Å²) in [6.45, 7) is 6.45. The molecule has 3 N–H and O–H groups in total. The van der Waals surface area contributed by atoms with Crippen LogP contribution in [0, 0.1) is 0 Å². The summed E-state index contributed by atoms with van der Waals surface area (Å²) in [4.78, 5) is 36.0. The smallest absolute Gasteiger partial charge is 0.269 e. The lowest BCUT2D eigenvalue weighted by Gasteiger charge is -2.13. The topological polar surface area (TPSA) is 106 Å². The van der Waals surface area contributed by atoms with Gasteiger partial charge in [0, 0.05) is 24.1 Å². The molecule has 0 radical (unpaired) electrons. The normalized spacial score (nSPS) is 11.2. The predicted molar refractivity (Wildman–Crippen MR) is 118 cm³/mol. The first-order valence-electron chi connectivity index (χ1n) is 10.3. The van der Waals surface area contributed by atoms with Gasteiger partial charge in [-0.1, -0.05) is 6.92 Å². The molecular formula is C23H29N3O5. The van der Waals surface area contributed by atoms with Gasteiger partial charge in [-0.05, 0) is 68.8 Å². The fourth-order valence-electron chi connectivity index (χ4n) is 2.51. The van der Waals surface area contributed by atoms with E-state index in [1.54, 1.807) is 48.5 Å². The van der Waals surface area contributed by atoms with Crippen molar-refractivity contribution in [1.29, 1.82) is 0 Å². The Balaban J connectivity index is 1.71. The number of nitrogens with one attached hydrogen (secondary N) is 3. The Bertz CT molecular complexity index is 866. The molecule has 0 saturated heterocycles. The zero-order valence-electron chi connectivity index (χ0n) is 18.1. The third-order valence-corrected chi connectivity index (χ3v) is 4.37. The van der Waals surface area contributed by atoms with Gasteiger partial charge in [-0.3, -0.25) is 25.2 Å². The Hall–Kier alpha value is -3.55. The minimum absolute atomic E-state index is 0.0173. The Kier molecular flexibility index (Phi) is 9.35. The average molecular weight is 428 g/mol. The van der Waals surface area contributed by atoms with Gasteiger partial charge in [0.25, 0.3) is 5.91 Å². The molecule has 0 heterocycles. The molecule has 1 unspecified atom stereocenters. The van der Waals surface area contributed by atoms with E-state index in [9.17, 15) is 14.4 Å². The first-order valence-corrected chi connectivity index (χ1v) is 10.3. The van der Waals surface area contributed by atoms with Crippen LogP contribution in [0.15, 0.2) is 48.5 Å². The molecule has 3 amide bonds. The number of amides is 3. The largest absolute Gasteiger partial charge is 0.494 e. The van der Waals surface area contributed by atoms with Gasteiger partial charge in [-0.25, -0.2) is 0 Å². The van der Waals surface area contributed by atoms with Crippen LogP contribution in [-0.4, -0.2) is 30.4 Å². The first kappa shape index (κ1) is 23.7. The third-order valence-electron chi connectivity index (χ3n) is 4.37. The molecular weight excluding hydrogens is 398 g/mol. The van der Waals surface area contributed by atoms with Crippen LogP contribution in [0.5, 0.6) is 11.5 Å². The summed E-state index contributed by atoms with van der Waals surface area (Å²) in [7, 11) is 0. The Morgan fingerprint density at radius 3 is 2.06 bits per heavy atom. The number of ether oxygens (including phenoxy) is 2. The lowest BCUT2D eigenvalue weighted by atomic mass is 10.2. The van der Waals surface area contributed by atoms with Gasteiger partial charge in [-0.15, -0.1) is 0 Å². The molecule has 0 aliphatic rings. The van der Waals surface area contributed by atoms with Crippen molar-refractivity contribution in [3.8, 4) is 11.5 Å². The molecule has 2 aromatic carbocycles. The van der Waals surface area contributed by atoms with E-state index < -0.39 is 11.8 Å². The third kappa shape index (κ3) is 8.38. The molecule has 8 nitrogen and oxygen atoms in total. The second-order valence-corrected chi connectivity index (χ2v) is 6.87. The van der Waals surface area contributed by atoms with Crippen LogP contribution in [0.1, 0.15) is 50.4 Å². The maximum absolute atomic E-state index is 12.1. The minimum Gasteiger partial charge on any atom is -0.494 e. The van der Waals surface area contributed by atoms with Crippen molar-refractivity contribution in [2.24, 2.45) is 0 Å². The van der Waals surface area contributed by atoms with Gasteiger partial charge in [-0.2, -0.15) is 0 Å². The zero-order chi connectivity index (χ0) is 22.6. The van der Waals surface area contributed by atoms with Gasteiger partial charge < -0.3 is 14.8 Å². The number of anilines is 1. The Morgan fingerprint density at radius 2 is 1.45 bits per heavy atom. The van der Waals surface area contributed by atoms with Crippen LogP contribution in [-0.2, 0) is 9.59 Å². The van der Waals surface area contributed by atoms with Gasteiger partial charge in [0.2, 0.25) is 11.8 Å². The standard InChI is InChI=1S/C23H29N3O5/c1-4-16(3)31-20-10-6-17(7-11-20)23(29)26-25-22(28)15-14-21(27)24-18-8-12-19(13-9-18)30-5-2/h6-13,16H,4-5,14-15H2,1-3H3,(H,24,27)(H,25,28)(H,26,29). The van der Waals surface area contributed by atoms with Crippen molar-refractivity contribution in [1.82, 2.24) is 10.9 Å². The molecule has 2 aromatic rings. The number of benzene rings is 2. The van der Waals surface area contributed by atoms with Crippen molar-refractivity contribution in [3.05, 3.63) is 54.1 Å². The summed E-state index contributed by atoms with van der Waals surface area (Å²) in [5.74, 6) is 0.165. The van der Waals surface area contributed by atoms with E-state index in [0.717, 1.165) is 6.42 Å². The lowest BCUT2D eigenvalue weighted by Crippen LogP contribution is -2.41. The Morgan fingerprint density at radius 1 is 0.839 bits per heavy atom. The van der Waals surface area contributed by atoms with Crippen molar-refractivity contribution in [3.63, 3.8) is 0 Å². The van der Waals surface area contributed by atoms with Crippen LogP contribution < -0.4 is 25.6 Å². The molecule has 2 rings (SSSR count). The summed E-state index contributed by atoms with van der Waals surface area (Å²) >= 11 is 0. The quantitative estimate of drug-likeness (QED) is 0.504. The van der Waals surface area contributed by atoms with Gasteiger partial charge in [0.05, 0.1) is 12.7 Å². The molecule has 0 aromatic heterocycles. The second kappa shape index (κ2) is 12.2. The van der Waals surface area contributed by atoms with E-state index in [0.29, 0.717) is 29.4 Å². The molecule has 1 atom stereocenters. The van der Waals surface area contributed by atoms with Crippen molar-refractivity contribution in [2.75, 3.05) is 11.9 Å². The number of carbonyl (C=O) groups excluding carboxylic acids is 3. The summed E-state index contributed by atoms with van der Waals surface area (Å²) in [6, 6.07) is 13.6. The molecule has 8 heteroatoms. The highest BCUT2D eigenvalue weighted by atomic mass is 16.5. The van der Waals surface area contributed by atoms with Crippen LogP contribution in [0.4, 0.5) is 5.69 Å². The fourth-order valence-corrected chi connectivity index (χ4v) is 2.51. The first-order chi connectivity index (χ1) is 14.9. The Labute approximate surface area is 182 Å². The predicted octanol–water partition coefficient (Wildman–Crippen LogP) is 3.44. The number of carbonyl (C=O) groups is 3. The molecule has 0 aliphatic carbocycles. The van der Waals surface area contributed by atoms with Crippen molar-refractivity contribution in [2.45, 2.75) is 46.1 Å². The molecule has 0 saturated carbocycles. The molecule has 166 valence electrons. The maximum atomic E-state index is 12.1. The highest BCUT2D eigenvalue weighted by Gasteiger charge is 2.10. The van der Waals surface area contributed by atoms with Gasteiger partial charge in [0.15, 0.2) is 0 Å². The summed E-state index contributed by atoms with van der Waals surface area (Å²) in [5, 5.41) is 2.71. The molecule has 0 spiro atoms. The summed E-state index contributed by atoms with van der Waals surface area (Å²) in [6.07, 6.45) is 0.888.